The zero-order chi connectivity index (χ0) is 20.2. The Labute approximate surface area is 175 Å². The summed E-state index contributed by atoms with van der Waals surface area (Å²) in [7, 11) is 0. The van der Waals surface area contributed by atoms with Gasteiger partial charge in [-0.15, -0.1) is 0 Å². The molecular weight excluding hydrogens is 376 g/mol. The van der Waals surface area contributed by atoms with E-state index in [-0.39, 0.29) is 6.04 Å². The summed E-state index contributed by atoms with van der Waals surface area (Å²) < 4.78 is 8.16. The van der Waals surface area contributed by atoms with Crippen molar-refractivity contribution in [3.05, 3.63) is 96.4 Å². The minimum Gasteiger partial charge on any atom is -0.491 e. The number of fused-ring (bicyclic) bond motifs is 1. The van der Waals surface area contributed by atoms with Crippen molar-refractivity contribution >= 4 is 0 Å². The maximum atomic E-state index is 6.14. The largest absolute Gasteiger partial charge is 0.491 e. The predicted molar refractivity (Wildman–Crippen MR) is 113 cm³/mol. The molecule has 1 N–H and O–H groups in total. The molecule has 0 amide bonds. The van der Waals surface area contributed by atoms with Crippen LogP contribution in [0.1, 0.15) is 28.6 Å². The lowest BCUT2D eigenvalue weighted by atomic mass is 9.96. The second-order valence-corrected chi connectivity index (χ2v) is 7.43. The molecule has 1 aliphatic heterocycles. The third-order valence-electron chi connectivity index (χ3n) is 5.54. The zero-order valence-corrected chi connectivity index (χ0v) is 16.7. The van der Waals surface area contributed by atoms with Crippen LogP contribution in [0.4, 0.5) is 0 Å². The second-order valence-electron chi connectivity index (χ2n) is 7.43. The van der Waals surface area contributed by atoms with Crippen LogP contribution >= 0.6 is 0 Å². The van der Waals surface area contributed by atoms with Crippen molar-refractivity contribution in [1.82, 2.24) is 29.4 Å². The number of hydrogen-bond donors (Lipinski definition) is 1. The lowest BCUT2D eigenvalue weighted by Crippen LogP contribution is -2.36. The first-order chi connectivity index (χ1) is 14.9. The van der Waals surface area contributed by atoms with Crippen LogP contribution in [0, 0.1) is 0 Å². The standard InChI is InChI=1S/C23H24N6O/c1-2-6-21(30-13-12-28-11-9-25-17-28)19(4-1)15-29-10-7-20-22(27-16-26-20)23(29)18-5-3-8-24-14-18/h1-6,8-9,11,14,16-17,23H,7,10,12-13,15H2,(H,26,27)/t23-/m1/s1. The van der Waals surface area contributed by atoms with Crippen molar-refractivity contribution in [2.75, 3.05) is 13.2 Å². The zero-order valence-electron chi connectivity index (χ0n) is 16.7. The van der Waals surface area contributed by atoms with Gasteiger partial charge in [0, 0.05) is 55.6 Å². The summed E-state index contributed by atoms with van der Waals surface area (Å²) in [6.45, 7) is 3.10. The molecular formula is C23H24N6O. The van der Waals surface area contributed by atoms with Gasteiger partial charge in [-0.25, -0.2) is 9.97 Å². The Balaban J connectivity index is 1.37. The number of nitrogens with zero attached hydrogens (tertiary/aromatic N) is 5. The van der Waals surface area contributed by atoms with E-state index in [9.17, 15) is 0 Å². The van der Waals surface area contributed by atoms with E-state index in [1.54, 1.807) is 12.5 Å². The van der Waals surface area contributed by atoms with Crippen LogP contribution in [0.5, 0.6) is 5.75 Å². The van der Waals surface area contributed by atoms with E-state index in [0.29, 0.717) is 6.61 Å². The molecule has 0 aliphatic carbocycles. The molecule has 0 unspecified atom stereocenters. The number of rotatable bonds is 7. The van der Waals surface area contributed by atoms with E-state index in [1.165, 1.54) is 11.3 Å². The van der Waals surface area contributed by atoms with Crippen molar-refractivity contribution in [1.29, 1.82) is 0 Å². The van der Waals surface area contributed by atoms with Gasteiger partial charge < -0.3 is 14.3 Å². The molecule has 7 nitrogen and oxygen atoms in total. The van der Waals surface area contributed by atoms with Crippen molar-refractivity contribution < 1.29 is 4.74 Å². The topological polar surface area (TPSA) is 71.9 Å². The van der Waals surface area contributed by atoms with Gasteiger partial charge in [0.25, 0.3) is 0 Å². The van der Waals surface area contributed by atoms with E-state index in [4.69, 9.17) is 4.74 Å². The normalized spacial score (nSPS) is 16.3. The van der Waals surface area contributed by atoms with Crippen LogP contribution in [0.2, 0.25) is 0 Å². The van der Waals surface area contributed by atoms with Crippen LogP contribution in [-0.4, -0.2) is 42.6 Å². The van der Waals surface area contributed by atoms with Crippen molar-refractivity contribution in [2.45, 2.75) is 25.6 Å². The van der Waals surface area contributed by atoms with Gasteiger partial charge in [0.1, 0.15) is 12.4 Å². The molecule has 7 heteroatoms. The lowest BCUT2D eigenvalue weighted by Gasteiger charge is -2.35. The first-order valence-electron chi connectivity index (χ1n) is 10.2. The average Bonchev–Trinajstić information content (AvgIpc) is 3.47. The lowest BCUT2D eigenvalue weighted by molar-refractivity contribution is 0.195. The number of aromatic amines is 1. The fourth-order valence-electron chi connectivity index (χ4n) is 4.08. The summed E-state index contributed by atoms with van der Waals surface area (Å²) in [5.41, 5.74) is 4.64. The Morgan fingerprint density at radius 1 is 1.10 bits per heavy atom. The van der Waals surface area contributed by atoms with Gasteiger partial charge in [-0.2, -0.15) is 0 Å². The van der Waals surface area contributed by atoms with Crippen LogP contribution in [0.25, 0.3) is 0 Å². The summed E-state index contributed by atoms with van der Waals surface area (Å²) in [4.78, 5) is 18.8. The monoisotopic (exact) mass is 400 g/mol. The van der Waals surface area contributed by atoms with Crippen LogP contribution in [0.3, 0.4) is 0 Å². The van der Waals surface area contributed by atoms with Crippen LogP contribution in [-0.2, 0) is 19.5 Å². The number of benzene rings is 1. The second kappa shape index (κ2) is 8.51. The van der Waals surface area contributed by atoms with Gasteiger partial charge in [0.05, 0.1) is 30.9 Å². The quantitative estimate of drug-likeness (QED) is 0.516. The number of nitrogens with one attached hydrogen (secondary N) is 1. The predicted octanol–water partition coefficient (Wildman–Crippen LogP) is 3.23. The number of pyridine rings is 1. The van der Waals surface area contributed by atoms with E-state index < -0.39 is 0 Å². The van der Waals surface area contributed by atoms with Gasteiger partial charge in [0.2, 0.25) is 0 Å². The molecule has 152 valence electrons. The van der Waals surface area contributed by atoms with Gasteiger partial charge in [-0.1, -0.05) is 24.3 Å². The number of imidazole rings is 2. The van der Waals surface area contributed by atoms with Gasteiger partial charge in [-0.05, 0) is 17.7 Å². The molecule has 0 fully saturated rings. The highest BCUT2D eigenvalue weighted by Crippen LogP contribution is 2.35. The van der Waals surface area contributed by atoms with Crippen molar-refractivity contribution in [3.63, 3.8) is 0 Å². The van der Waals surface area contributed by atoms with E-state index in [0.717, 1.165) is 43.1 Å². The van der Waals surface area contributed by atoms with Crippen molar-refractivity contribution in [3.8, 4) is 5.75 Å². The molecule has 4 aromatic rings. The third-order valence-corrected chi connectivity index (χ3v) is 5.54. The highest BCUT2D eigenvalue weighted by Gasteiger charge is 2.31. The molecule has 0 radical (unpaired) electrons. The molecule has 0 saturated carbocycles. The van der Waals surface area contributed by atoms with Gasteiger partial charge >= 0.3 is 0 Å². The number of H-pyrrole nitrogens is 1. The summed E-state index contributed by atoms with van der Waals surface area (Å²) in [6.07, 6.45) is 12.0. The fraction of sp³-hybridized carbons (Fsp3) is 0.261. The maximum absolute atomic E-state index is 6.14. The van der Waals surface area contributed by atoms with E-state index in [2.05, 4.69) is 43.0 Å². The molecule has 3 aromatic heterocycles. The number of para-hydroxylation sites is 1. The molecule has 0 bridgehead atoms. The Morgan fingerprint density at radius 2 is 2.07 bits per heavy atom. The number of hydrogen-bond acceptors (Lipinski definition) is 5. The summed E-state index contributed by atoms with van der Waals surface area (Å²) in [6, 6.07) is 12.5. The minimum absolute atomic E-state index is 0.0766. The van der Waals surface area contributed by atoms with Crippen LogP contribution in [0.15, 0.2) is 73.8 Å². The summed E-state index contributed by atoms with van der Waals surface area (Å²) in [5.74, 6) is 0.926. The Kier molecular flexibility index (Phi) is 5.26. The molecule has 30 heavy (non-hydrogen) atoms. The highest BCUT2D eigenvalue weighted by molar-refractivity contribution is 5.35. The maximum Gasteiger partial charge on any atom is 0.123 e. The average molecular weight is 400 g/mol. The van der Waals surface area contributed by atoms with Gasteiger partial charge in [-0.3, -0.25) is 9.88 Å². The molecule has 1 aromatic carbocycles. The van der Waals surface area contributed by atoms with Crippen LogP contribution < -0.4 is 4.74 Å². The highest BCUT2D eigenvalue weighted by atomic mass is 16.5. The van der Waals surface area contributed by atoms with Gasteiger partial charge in [0.15, 0.2) is 0 Å². The van der Waals surface area contributed by atoms with E-state index >= 15 is 0 Å². The molecule has 0 saturated heterocycles. The van der Waals surface area contributed by atoms with Crippen molar-refractivity contribution in [2.24, 2.45) is 0 Å². The number of aromatic nitrogens is 5. The molecule has 1 atom stereocenters. The number of ether oxygens (including phenoxy) is 1. The fourth-order valence-corrected chi connectivity index (χ4v) is 4.08. The third kappa shape index (κ3) is 3.84. The first kappa shape index (κ1) is 18.6. The summed E-state index contributed by atoms with van der Waals surface area (Å²) in [5, 5.41) is 0. The Hall–Kier alpha value is -3.45. The Morgan fingerprint density at radius 3 is 2.93 bits per heavy atom. The summed E-state index contributed by atoms with van der Waals surface area (Å²) >= 11 is 0. The smallest absolute Gasteiger partial charge is 0.123 e. The van der Waals surface area contributed by atoms with E-state index in [1.807, 2.05) is 47.7 Å². The minimum atomic E-state index is 0.0766. The Bertz CT molecular complexity index is 1080. The molecule has 1 aliphatic rings. The molecule has 0 spiro atoms. The molecule has 5 rings (SSSR count). The first-order valence-corrected chi connectivity index (χ1v) is 10.2. The SMILES string of the molecule is c1cncc([C@@H]2c3nc[nH]c3CCN2Cc2ccccc2OCCn2ccnc2)c1. The molecule has 4 heterocycles.